The van der Waals surface area contributed by atoms with E-state index in [0.717, 1.165) is 11.1 Å². The van der Waals surface area contributed by atoms with E-state index in [-0.39, 0.29) is 48.8 Å². The van der Waals surface area contributed by atoms with Gasteiger partial charge < -0.3 is 24.6 Å². The first kappa shape index (κ1) is 30.3. The summed E-state index contributed by atoms with van der Waals surface area (Å²) < 4.78 is 44.6. The molecule has 0 spiro atoms. The van der Waals surface area contributed by atoms with Crippen molar-refractivity contribution in [2.45, 2.75) is 29.9 Å². The smallest absolute Gasteiger partial charge is 0.286 e. The standard InChI is InChI=1S/C31H36N2O7S/c1-38-27-12-14-28(15-13-27)41(36,37)33(18-20-34)19-21-39-30-23-26(25-10-6-3-7-11-25)22-29(40-30)31(35)32-17-16-24-8-4-2-5-9-24/h2-15,22,26,30,34H,16-21,23H2,1H3,(H,32,35)/t26-,30+/m1/s1. The van der Waals surface area contributed by atoms with Crippen molar-refractivity contribution in [3.63, 3.8) is 0 Å². The van der Waals surface area contributed by atoms with Crippen LogP contribution in [-0.2, 0) is 30.7 Å². The second-order valence-electron chi connectivity index (χ2n) is 9.50. The van der Waals surface area contributed by atoms with Gasteiger partial charge >= 0.3 is 0 Å². The van der Waals surface area contributed by atoms with Crippen LogP contribution in [0.25, 0.3) is 0 Å². The van der Waals surface area contributed by atoms with Crippen LogP contribution in [0.2, 0.25) is 0 Å². The SMILES string of the molecule is COc1ccc(S(=O)(=O)N(CCO)CCO[C@@H]2C[C@H](c3ccccc3)C=C(C(=O)NCCc3ccccc3)O2)cc1. The molecule has 9 nitrogen and oxygen atoms in total. The summed E-state index contributed by atoms with van der Waals surface area (Å²) in [6.45, 7) is 0.00821. The Labute approximate surface area is 241 Å². The molecule has 10 heteroatoms. The first-order valence-corrected chi connectivity index (χ1v) is 15.0. The summed E-state index contributed by atoms with van der Waals surface area (Å²) in [7, 11) is -2.38. The number of nitrogens with one attached hydrogen (secondary N) is 1. The van der Waals surface area contributed by atoms with E-state index in [2.05, 4.69) is 5.32 Å². The Hall–Kier alpha value is -3.70. The highest BCUT2D eigenvalue weighted by Gasteiger charge is 2.30. The molecule has 1 heterocycles. The van der Waals surface area contributed by atoms with Crippen molar-refractivity contribution in [2.75, 3.05) is 40.0 Å². The number of hydrogen-bond donors (Lipinski definition) is 2. The lowest BCUT2D eigenvalue weighted by Crippen LogP contribution is -2.38. The number of carbonyl (C=O) groups excluding carboxylic acids is 1. The first-order chi connectivity index (χ1) is 19.9. The number of aliphatic hydroxyl groups excluding tert-OH is 1. The summed E-state index contributed by atoms with van der Waals surface area (Å²) in [5, 5.41) is 12.5. The van der Waals surface area contributed by atoms with Crippen LogP contribution < -0.4 is 10.1 Å². The number of hydrogen-bond acceptors (Lipinski definition) is 7. The van der Waals surface area contributed by atoms with E-state index >= 15 is 0 Å². The number of allylic oxidation sites excluding steroid dienone is 1. The number of rotatable bonds is 14. The van der Waals surface area contributed by atoms with E-state index in [9.17, 15) is 18.3 Å². The summed E-state index contributed by atoms with van der Waals surface area (Å²) in [4.78, 5) is 13.1. The first-order valence-electron chi connectivity index (χ1n) is 13.5. The van der Waals surface area contributed by atoms with E-state index in [1.54, 1.807) is 18.2 Å². The third-order valence-electron chi connectivity index (χ3n) is 6.74. The van der Waals surface area contributed by atoms with Gasteiger partial charge in [-0.25, -0.2) is 8.42 Å². The Balaban J connectivity index is 1.40. The zero-order valence-electron chi connectivity index (χ0n) is 23.0. The number of carbonyl (C=O) groups is 1. The average molecular weight is 581 g/mol. The van der Waals surface area contributed by atoms with E-state index in [0.29, 0.717) is 25.1 Å². The Bertz CT molecular complexity index is 1380. The van der Waals surface area contributed by atoms with Crippen LogP contribution in [0, 0.1) is 0 Å². The Morgan fingerprint density at radius 3 is 2.34 bits per heavy atom. The molecular formula is C31H36N2O7S. The number of amides is 1. The molecule has 3 aromatic carbocycles. The number of aliphatic hydroxyl groups is 1. The second-order valence-corrected chi connectivity index (χ2v) is 11.4. The minimum absolute atomic E-state index is 0.00443. The van der Waals surface area contributed by atoms with Crippen LogP contribution in [0.3, 0.4) is 0 Å². The van der Waals surface area contributed by atoms with Crippen LogP contribution in [0.15, 0.2) is 102 Å². The van der Waals surface area contributed by atoms with Gasteiger partial charge in [0.2, 0.25) is 16.3 Å². The maximum Gasteiger partial charge on any atom is 0.286 e. The maximum atomic E-state index is 13.2. The largest absolute Gasteiger partial charge is 0.497 e. The summed E-state index contributed by atoms with van der Waals surface area (Å²) in [6, 6.07) is 25.7. The molecule has 41 heavy (non-hydrogen) atoms. The summed E-state index contributed by atoms with van der Waals surface area (Å²) >= 11 is 0. The van der Waals surface area contributed by atoms with Gasteiger partial charge in [0.1, 0.15) is 5.75 Å². The maximum absolute atomic E-state index is 13.2. The van der Waals surface area contributed by atoms with Crippen molar-refractivity contribution < 1.29 is 32.5 Å². The van der Waals surface area contributed by atoms with Crippen LogP contribution in [0.4, 0.5) is 0 Å². The monoisotopic (exact) mass is 580 g/mol. The minimum Gasteiger partial charge on any atom is -0.497 e. The van der Waals surface area contributed by atoms with Gasteiger partial charge in [-0.05, 0) is 47.9 Å². The highest BCUT2D eigenvalue weighted by molar-refractivity contribution is 7.89. The highest BCUT2D eigenvalue weighted by Crippen LogP contribution is 2.31. The van der Waals surface area contributed by atoms with E-state index in [1.807, 2.05) is 60.7 Å². The fourth-order valence-electron chi connectivity index (χ4n) is 4.55. The fraction of sp³-hybridized carbons (Fsp3) is 0.323. The predicted octanol–water partition coefficient (Wildman–Crippen LogP) is 3.47. The van der Waals surface area contributed by atoms with Gasteiger partial charge in [0.15, 0.2) is 5.76 Å². The summed E-state index contributed by atoms with van der Waals surface area (Å²) in [5.74, 6) is 0.248. The number of benzene rings is 3. The van der Waals surface area contributed by atoms with Gasteiger partial charge in [-0.2, -0.15) is 4.31 Å². The molecule has 218 valence electrons. The molecule has 1 amide bonds. The van der Waals surface area contributed by atoms with Gasteiger partial charge in [0, 0.05) is 32.0 Å². The molecule has 0 unspecified atom stereocenters. The second kappa shape index (κ2) is 14.8. The molecule has 4 rings (SSSR count). The minimum atomic E-state index is -3.88. The fourth-order valence-corrected chi connectivity index (χ4v) is 5.96. The zero-order valence-corrected chi connectivity index (χ0v) is 23.8. The van der Waals surface area contributed by atoms with Gasteiger partial charge in [-0.15, -0.1) is 0 Å². The van der Waals surface area contributed by atoms with Gasteiger partial charge in [-0.3, -0.25) is 4.79 Å². The molecule has 0 saturated carbocycles. The molecule has 1 aliphatic heterocycles. The lowest BCUT2D eigenvalue weighted by atomic mass is 9.93. The van der Waals surface area contributed by atoms with E-state index in [4.69, 9.17) is 14.2 Å². The zero-order chi connectivity index (χ0) is 29.1. The normalized spacial score (nSPS) is 17.0. The van der Waals surface area contributed by atoms with Crippen LogP contribution >= 0.6 is 0 Å². The number of sulfonamides is 1. The van der Waals surface area contributed by atoms with Crippen LogP contribution in [0.1, 0.15) is 23.5 Å². The number of nitrogens with zero attached hydrogens (tertiary/aromatic N) is 1. The average Bonchev–Trinajstić information content (AvgIpc) is 3.01. The Morgan fingerprint density at radius 1 is 1.00 bits per heavy atom. The quantitative estimate of drug-likeness (QED) is 0.300. The van der Waals surface area contributed by atoms with Crippen molar-refractivity contribution >= 4 is 15.9 Å². The van der Waals surface area contributed by atoms with E-state index in [1.165, 1.54) is 23.5 Å². The van der Waals surface area contributed by atoms with Crippen molar-refractivity contribution in [1.82, 2.24) is 9.62 Å². The third-order valence-corrected chi connectivity index (χ3v) is 8.65. The Morgan fingerprint density at radius 2 is 1.68 bits per heavy atom. The summed E-state index contributed by atoms with van der Waals surface area (Å²) in [5.41, 5.74) is 2.13. The molecular weight excluding hydrogens is 544 g/mol. The molecule has 2 N–H and O–H groups in total. The molecule has 1 aliphatic rings. The van der Waals surface area contributed by atoms with Crippen molar-refractivity contribution in [1.29, 1.82) is 0 Å². The summed E-state index contributed by atoms with van der Waals surface area (Å²) in [6.07, 6.45) is 2.18. The third kappa shape index (κ3) is 8.40. The van der Waals surface area contributed by atoms with E-state index < -0.39 is 16.3 Å². The lowest BCUT2D eigenvalue weighted by molar-refractivity contribution is -0.146. The lowest BCUT2D eigenvalue weighted by Gasteiger charge is -2.30. The topological polar surface area (TPSA) is 114 Å². The molecule has 0 fully saturated rings. The highest BCUT2D eigenvalue weighted by atomic mass is 32.2. The van der Waals surface area contributed by atoms with Crippen LogP contribution in [0.5, 0.6) is 5.75 Å². The molecule has 2 atom stereocenters. The van der Waals surface area contributed by atoms with Crippen molar-refractivity contribution in [2.24, 2.45) is 0 Å². The van der Waals surface area contributed by atoms with Gasteiger partial charge in [-0.1, -0.05) is 60.7 Å². The molecule has 0 radical (unpaired) electrons. The van der Waals surface area contributed by atoms with Crippen molar-refractivity contribution in [3.05, 3.63) is 108 Å². The molecule has 0 saturated heterocycles. The van der Waals surface area contributed by atoms with Crippen molar-refractivity contribution in [3.8, 4) is 5.75 Å². The number of ether oxygens (including phenoxy) is 3. The van der Waals surface area contributed by atoms with Gasteiger partial charge in [0.05, 0.1) is 25.2 Å². The molecule has 0 bridgehead atoms. The molecule has 0 aliphatic carbocycles. The van der Waals surface area contributed by atoms with Gasteiger partial charge in [0.25, 0.3) is 5.91 Å². The Kier molecular flexibility index (Phi) is 10.9. The predicted molar refractivity (Wildman–Crippen MR) is 155 cm³/mol. The van der Waals surface area contributed by atoms with Crippen LogP contribution in [-0.4, -0.2) is 70.0 Å². The molecule has 0 aromatic heterocycles. The number of methoxy groups -OCH3 is 1. The molecule has 3 aromatic rings.